The second kappa shape index (κ2) is 8.99. The second-order valence-electron chi connectivity index (χ2n) is 9.56. The van der Waals surface area contributed by atoms with Crippen LogP contribution in [0.25, 0.3) is 0 Å². The van der Waals surface area contributed by atoms with Gasteiger partial charge in [-0.1, -0.05) is 70.5 Å². The lowest BCUT2D eigenvalue weighted by Gasteiger charge is -2.32. The fraction of sp³-hybridized carbons (Fsp3) is 0.259. The molecule has 0 aliphatic heterocycles. The molecule has 3 aromatic rings. The molecule has 0 radical (unpaired) electrons. The Morgan fingerprint density at radius 2 is 1.48 bits per heavy atom. The number of aromatic carboxylic acids is 1. The standard InChI is InChI=1S/C27H27ClFNO3/c1-26(2,3)18-7-9-19(10-8-18)27(4,5)21-15-20(28)11-13-23(21)30(16-31)24-12-6-17(25(32)33)14-22(24)29/h6-16H,1-5H3,(H,32,33). The van der Waals surface area contributed by atoms with Crippen molar-refractivity contribution in [1.82, 2.24) is 0 Å². The third kappa shape index (κ3) is 4.93. The van der Waals surface area contributed by atoms with E-state index in [1.807, 2.05) is 13.8 Å². The van der Waals surface area contributed by atoms with Gasteiger partial charge in [0.15, 0.2) is 0 Å². The quantitative estimate of drug-likeness (QED) is 0.393. The van der Waals surface area contributed by atoms with Gasteiger partial charge in [-0.25, -0.2) is 9.18 Å². The van der Waals surface area contributed by atoms with Crippen LogP contribution in [-0.2, 0) is 15.6 Å². The highest BCUT2D eigenvalue weighted by Gasteiger charge is 2.30. The van der Waals surface area contributed by atoms with Gasteiger partial charge >= 0.3 is 5.97 Å². The molecule has 0 aliphatic rings. The van der Waals surface area contributed by atoms with E-state index in [0.717, 1.165) is 17.2 Å². The smallest absolute Gasteiger partial charge is 0.335 e. The molecule has 0 aromatic heterocycles. The van der Waals surface area contributed by atoms with E-state index in [1.165, 1.54) is 22.6 Å². The summed E-state index contributed by atoms with van der Waals surface area (Å²) in [5.41, 5.74) is 2.59. The first-order valence-corrected chi connectivity index (χ1v) is 10.9. The highest BCUT2D eigenvalue weighted by atomic mass is 35.5. The predicted molar refractivity (Wildman–Crippen MR) is 130 cm³/mol. The van der Waals surface area contributed by atoms with Gasteiger partial charge in [0.05, 0.1) is 16.9 Å². The summed E-state index contributed by atoms with van der Waals surface area (Å²) in [4.78, 5) is 24.5. The van der Waals surface area contributed by atoms with Gasteiger partial charge < -0.3 is 5.11 Å². The number of rotatable bonds is 6. The van der Waals surface area contributed by atoms with E-state index in [1.54, 1.807) is 18.2 Å². The number of carboxylic acids is 1. The van der Waals surface area contributed by atoms with Gasteiger partial charge in [-0.2, -0.15) is 0 Å². The molecule has 0 saturated heterocycles. The SMILES string of the molecule is CC(C)(C)c1ccc(C(C)(C)c2cc(Cl)ccc2N(C=O)c2ccc(C(=O)O)cc2F)cc1. The average molecular weight is 468 g/mol. The molecule has 0 fully saturated rings. The molecule has 0 heterocycles. The second-order valence-corrected chi connectivity index (χ2v) is 10.00. The van der Waals surface area contributed by atoms with Crippen molar-refractivity contribution in [1.29, 1.82) is 0 Å². The minimum Gasteiger partial charge on any atom is -0.478 e. The van der Waals surface area contributed by atoms with Crippen LogP contribution in [0, 0.1) is 5.82 Å². The van der Waals surface area contributed by atoms with Crippen molar-refractivity contribution in [2.24, 2.45) is 0 Å². The topological polar surface area (TPSA) is 57.6 Å². The number of hydrogen-bond acceptors (Lipinski definition) is 2. The van der Waals surface area contributed by atoms with Crippen LogP contribution in [0.3, 0.4) is 0 Å². The Labute approximate surface area is 198 Å². The molecule has 0 bridgehead atoms. The number of benzene rings is 3. The molecule has 1 N–H and O–H groups in total. The lowest BCUT2D eigenvalue weighted by atomic mass is 9.76. The minimum absolute atomic E-state index is 0.0118. The Morgan fingerprint density at radius 3 is 2.00 bits per heavy atom. The lowest BCUT2D eigenvalue weighted by Crippen LogP contribution is -2.25. The Kier molecular flexibility index (Phi) is 6.66. The van der Waals surface area contributed by atoms with Crippen molar-refractivity contribution >= 4 is 35.4 Å². The van der Waals surface area contributed by atoms with Crippen LogP contribution in [0.1, 0.15) is 61.7 Å². The third-order valence-electron chi connectivity index (χ3n) is 5.92. The maximum absolute atomic E-state index is 14.8. The molecule has 1 amide bonds. The molecule has 0 saturated carbocycles. The summed E-state index contributed by atoms with van der Waals surface area (Å²) < 4.78 is 14.8. The van der Waals surface area contributed by atoms with E-state index in [9.17, 15) is 14.0 Å². The minimum atomic E-state index is -1.25. The molecule has 0 unspecified atom stereocenters. The van der Waals surface area contributed by atoms with Crippen molar-refractivity contribution in [3.63, 3.8) is 0 Å². The van der Waals surface area contributed by atoms with Crippen LogP contribution in [0.4, 0.5) is 15.8 Å². The fourth-order valence-corrected chi connectivity index (χ4v) is 4.01. The predicted octanol–water partition coefficient (Wildman–Crippen LogP) is 7.10. The van der Waals surface area contributed by atoms with Gasteiger partial charge in [-0.05, 0) is 58.5 Å². The fourth-order valence-electron chi connectivity index (χ4n) is 3.84. The van der Waals surface area contributed by atoms with Gasteiger partial charge in [0.2, 0.25) is 6.41 Å². The van der Waals surface area contributed by atoms with Gasteiger partial charge in [0.25, 0.3) is 0 Å². The van der Waals surface area contributed by atoms with Crippen LogP contribution in [0.5, 0.6) is 0 Å². The number of amides is 1. The van der Waals surface area contributed by atoms with Crippen LogP contribution >= 0.6 is 11.6 Å². The Bertz CT molecular complexity index is 1200. The van der Waals surface area contributed by atoms with Crippen molar-refractivity contribution in [2.75, 3.05) is 4.90 Å². The highest BCUT2D eigenvalue weighted by Crippen LogP contribution is 2.41. The number of hydrogen-bond donors (Lipinski definition) is 1. The highest BCUT2D eigenvalue weighted by molar-refractivity contribution is 6.30. The van der Waals surface area contributed by atoms with E-state index in [0.29, 0.717) is 17.1 Å². The van der Waals surface area contributed by atoms with Crippen LogP contribution in [0.2, 0.25) is 5.02 Å². The lowest BCUT2D eigenvalue weighted by molar-refractivity contribution is -0.106. The van der Waals surface area contributed by atoms with E-state index >= 15 is 0 Å². The van der Waals surface area contributed by atoms with Crippen LogP contribution < -0.4 is 4.90 Å². The molecular formula is C27H27ClFNO3. The number of halogens is 2. The summed E-state index contributed by atoms with van der Waals surface area (Å²) in [6.07, 6.45) is 0.518. The maximum atomic E-state index is 14.8. The summed E-state index contributed by atoms with van der Waals surface area (Å²) in [6.45, 7) is 10.5. The first-order valence-electron chi connectivity index (χ1n) is 10.5. The molecule has 0 atom stereocenters. The maximum Gasteiger partial charge on any atom is 0.335 e. The first kappa shape index (κ1) is 24.5. The zero-order valence-electron chi connectivity index (χ0n) is 19.3. The van der Waals surface area contributed by atoms with Gasteiger partial charge in [-0.3, -0.25) is 9.69 Å². The van der Waals surface area contributed by atoms with E-state index in [4.69, 9.17) is 16.7 Å². The summed E-state index contributed by atoms with van der Waals surface area (Å²) in [5, 5.41) is 9.61. The number of carboxylic acid groups (broad SMARTS) is 1. The molecule has 3 aromatic carbocycles. The third-order valence-corrected chi connectivity index (χ3v) is 6.16. The summed E-state index contributed by atoms with van der Waals surface area (Å²) in [6, 6.07) is 16.8. The molecule has 0 spiro atoms. The normalized spacial score (nSPS) is 11.8. The van der Waals surface area contributed by atoms with Crippen LogP contribution in [0.15, 0.2) is 60.7 Å². The number of anilines is 2. The van der Waals surface area contributed by atoms with Crippen molar-refractivity contribution in [3.8, 4) is 0 Å². The van der Waals surface area contributed by atoms with Crippen LogP contribution in [-0.4, -0.2) is 17.5 Å². The largest absolute Gasteiger partial charge is 0.478 e. The molecule has 4 nitrogen and oxygen atoms in total. The zero-order chi connectivity index (χ0) is 24.6. The van der Waals surface area contributed by atoms with Crippen molar-refractivity contribution < 1.29 is 19.1 Å². The Hall–Kier alpha value is -3.18. The van der Waals surface area contributed by atoms with Gasteiger partial charge in [0.1, 0.15) is 5.82 Å². The molecule has 33 heavy (non-hydrogen) atoms. The van der Waals surface area contributed by atoms with E-state index in [2.05, 4.69) is 45.0 Å². The molecular weight excluding hydrogens is 441 g/mol. The molecule has 172 valence electrons. The summed E-state index contributed by atoms with van der Waals surface area (Å²) in [5.74, 6) is -2.06. The monoisotopic (exact) mass is 467 g/mol. The Morgan fingerprint density at radius 1 is 0.909 bits per heavy atom. The summed E-state index contributed by atoms with van der Waals surface area (Å²) >= 11 is 6.33. The zero-order valence-corrected chi connectivity index (χ0v) is 20.1. The molecule has 0 aliphatic carbocycles. The number of carbonyl (C=O) groups is 2. The average Bonchev–Trinajstić information content (AvgIpc) is 2.75. The van der Waals surface area contributed by atoms with Crippen molar-refractivity contribution in [3.05, 3.63) is 93.8 Å². The summed E-state index contributed by atoms with van der Waals surface area (Å²) in [7, 11) is 0. The molecule has 6 heteroatoms. The van der Waals surface area contributed by atoms with Gasteiger partial charge in [-0.15, -0.1) is 0 Å². The number of carbonyl (C=O) groups excluding carboxylic acids is 1. The molecule has 3 rings (SSSR count). The van der Waals surface area contributed by atoms with E-state index in [-0.39, 0.29) is 16.7 Å². The first-order chi connectivity index (χ1) is 15.4. The van der Waals surface area contributed by atoms with Gasteiger partial charge in [0, 0.05) is 10.4 Å². The number of nitrogens with zero attached hydrogens (tertiary/aromatic N) is 1. The Balaban J connectivity index is 2.14. The van der Waals surface area contributed by atoms with E-state index < -0.39 is 17.2 Å². The van der Waals surface area contributed by atoms with Crippen molar-refractivity contribution in [2.45, 2.75) is 45.4 Å².